The Morgan fingerprint density at radius 1 is 1.29 bits per heavy atom. The molecule has 0 spiro atoms. The van der Waals surface area contributed by atoms with Crippen molar-refractivity contribution in [3.63, 3.8) is 0 Å². The highest BCUT2D eigenvalue weighted by Crippen LogP contribution is 2.25. The van der Waals surface area contributed by atoms with Gasteiger partial charge in [0.25, 0.3) is 0 Å². The van der Waals surface area contributed by atoms with Crippen LogP contribution >= 0.6 is 11.3 Å². The van der Waals surface area contributed by atoms with Crippen molar-refractivity contribution in [2.24, 2.45) is 0 Å². The van der Waals surface area contributed by atoms with Crippen LogP contribution in [0.2, 0.25) is 0 Å². The minimum atomic E-state index is -0.0225. The molecule has 2 amide bonds. The van der Waals surface area contributed by atoms with Crippen molar-refractivity contribution >= 4 is 28.3 Å². The van der Waals surface area contributed by atoms with E-state index >= 15 is 0 Å². The van der Waals surface area contributed by atoms with Gasteiger partial charge in [-0.25, -0.2) is 4.98 Å². The van der Waals surface area contributed by atoms with Crippen LogP contribution in [0.3, 0.4) is 0 Å². The standard InChI is InChI=1S/C16H24N4O3S/c21-14(17-4-7-19-5-2-9-23-10-8-19)11-13-12-24-16(18-13)20-6-1-3-15(20)22/h12H,1-11H2,(H,17,21). The van der Waals surface area contributed by atoms with Crippen LogP contribution < -0.4 is 10.2 Å². The molecule has 1 N–H and O–H groups in total. The van der Waals surface area contributed by atoms with E-state index in [2.05, 4.69) is 15.2 Å². The SMILES string of the molecule is O=C(Cc1csc(N2CCCC2=O)n1)NCCN1CCCOCC1. The summed E-state index contributed by atoms with van der Waals surface area (Å²) in [4.78, 5) is 32.2. The summed E-state index contributed by atoms with van der Waals surface area (Å²) in [6, 6.07) is 0. The normalized spacial score (nSPS) is 19.5. The molecule has 0 bridgehead atoms. The number of carbonyl (C=O) groups is 2. The summed E-state index contributed by atoms with van der Waals surface area (Å²) in [5.41, 5.74) is 0.732. The number of carbonyl (C=O) groups excluding carboxylic acids is 2. The molecule has 7 nitrogen and oxygen atoms in total. The van der Waals surface area contributed by atoms with Crippen molar-refractivity contribution in [3.05, 3.63) is 11.1 Å². The van der Waals surface area contributed by atoms with Crippen LogP contribution in [0.1, 0.15) is 25.0 Å². The lowest BCUT2D eigenvalue weighted by Gasteiger charge is -2.18. The van der Waals surface area contributed by atoms with Crippen molar-refractivity contribution in [1.82, 2.24) is 15.2 Å². The molecule has 2 aliphatic heterocycles. The molecule has 0 atom stereocenters. The van der Waals surface area contributed by atoms with Crippen LogP contribution in [0, 0.1) is 0 Å². The maximum absolute atomic E-state index is 12.0. The number of rotatable bonds is 6. The van der Waals surface area contributed by atoms with Gasteiger partial charge in [0.1, 0.15) is 0 Å². The second kappa shape index (κ2) is 8.55. The van der Waals surface area contributed by atoms with Crippen LogP contribution in [-0.4, -0.2) is 67.6 Å². The Kier molecular flexibility index (Phi) is 6.17. The molecular formula is C16H24N4O3S. The molecule has 2 fully saturated rings. The minimum Gasteiger partial charge on any atom is -0.380 e. The Morgan fingerprint density at radius 2 is 2.21 bits per heavy atom. The van der Waals surface area contributed by atoms with E-state index in [1.165, 1.54) is 11.3 Å². The number of hydrogen-bond acceptors (Lipinski definition) is 6. The lowest BCUT2D eigenvalue weighted by molar-refractivity contribution is -0.120. The van der Waals surface area contributed by atoms with E-state index in [4.69, 9.17) is 4.74 Å². The highest BCUT2D eigenvalue weighted by Gasteiger charge is 2.24. The molecular weight excluding hydrogens is 328 g/mol. The predicted molar refractivity (Wildman–Crippen MR) is 92.3 cm³/mol. The number of ether oxygens (including phenoxy) is 1. The summed E-state index contributed by atoms with van der Waals surface area (Å²) in [5, 5.41) is 5.53. The third-order valence-electron chi connectivity index (χ3n) is 4.25. The fraction of sp³-hybridized carbons (Fsp3) is 0.688. The van der Waals surface area contributed by atoms with Crippen molar-refractivity contribution in [2.75, 3.05) is 50.8 Å². The first-order valence-corrected chi connectivity index (χ1v) is 9.42. The number of thiazole rings is 1. The predicted octanol–water partition coefficient (Wildman–Crippen LogP) is 0.651. The Morgan fingerprint density at radius 3 is 3.04 bits per heavy atom. The maximum atomic E-state index is 12.0. The largest absolute Gasteiger partial charge is 0.380 e. The first kappa shape index (κ1) is 17.3. The van der Waals surface area contributed by atoms with Gasteiger partial charge in [0.15, 0.2) is 5.13 Å². The van der Waals surface area contributed by atoms with Crippen molar-refractivity contribution in [3.8, 4) is 0 Å². The summed E-state index contributed by atoms with van der Waals surface area (Å²) >= 11 is 1.43. The molecule has 132 valence electrons. The fourth-order valence-electron chi connectivity index (χ4n) is 2.95. The molecule has 2 saturated heterocycles. The summed E-state index contributed by atoms with van der Waals surface area (Å²) in [6.07, 6.45) is 2.79. The van der Waals surface area contributed by atoms with Gasteiger partial charge in [-0.2, -0.15) is 0 Å². The van der Waals surface area contributed by atoms with Gasteiger partial charge >= 0.3 is 0 Å². The quantitative estimate of drug-likeness (QED) is 0.814. The maximum Gasteiger partial charge on any atom is 0.228 e. The average molecular weight is 352 g/mol. The molecule has 0 aliphatic carbocycles. The van der Waals surface area contributed by atoms with Gasteiger partial charge < -0.3 is 10.1 Å². The number of amides is 2. The molecule has 2 aliphatic rings. The van der Waals surface area contributed by atoms with Gasteiger partial charge in [0, 0.05) is 51.1 Å². The topological polar surface area (TPSA) is 74.8 Å². The van der Waals surface area contributed by atoms with Gasteiger partial charge in [-0.05, 0) is 12.8 Å². The highest BCUT2D eigenvalue weighted by atomic mass is 32.1. The smallest absolute Gasteiger partial charge is 0.228 e. The molecule has 1 aromatic rings. The lowest BCUT2D eigenvalue weighted by atomic mass is 10.3. The monoisotopic (exact) mass is 352 g/mol. The molecule has 8 heteroatoms. The summed E-state index contributed by atoms with van der Waals surface area (Å²) < 4.78 is 5.42. The van der Waals surface area contributed by atoms with E-state index in [0.717, 1.165) is 57.9 Å². The second-order valence-corrected chi connectivity index (χ2v) is 6.94. The zero-order valence-electron chi connectivity index (χ0n) is 13.8. The number of aromatic nitrogens is 1. The molecule has 3 rings (SSSR count). The Labute approximate surface area is 146 Å². The van der Waals surface area contributed by atoms with Crippen molar-refractivity contribution in [2.45, 2.75) is 25.7 Å². The molecule has 0 radical (unpaired) electrons. The van der Waals surface area contributed by atoms with E-state index in [0.29, 0.717) is 18.1 Å². The molecule has 0 unspecified atom stereocenters. The molecule has 1 aromatic heterocycles. The Hall–Kier alpha value is -1.51. The number of nitrogens with one attached hydrogen (secondary N) is 1. The fourth-order valence-corrected chi connectivity index (χ4v) is 3.82. The van der Waals surface area contributed by atoms with Crippen molar-refractivity contribution < 1.29 is 14.3 Å². The van der Waals surface area contributed by atoms with E-state index in [9.17, 15) is 9.59 Å². The zero-order valence-corrected chi connectivity index (χ0v) is 14.6. The van der Waals surface area contributed by atoms with Gasteiger partial charge in [0.05, 0.1) is 18.7 Å². The van der Waals surface area contributed by atoms with E-state index in [-0.39, 0.29) is 18.2 Å². The molecule has 3 heterocycles. The first-order valence-electron chi connectivity index (χ1n) is 8.54. The lowest BCUT2D eigenvalue weighted by Crippen LogP contribution is -2.36. The Bertz CT molecular complexity index is 569. The molecule has 24 heavy (non-hydrogen) atoms. The van der Waals surface area contributed by atoms with E-state index in [1.807, 2.05) is 5.38 Å². The summed E-state index contributed by atoms with van der Waals surface area (Å²) in [7, 11) is 0. The number of nitrogens with zero attached hydrogens (tertiary/aromatic N) is 3. The van der Waals surface area contributed by atoms with Crippen LogP contribution in [0.15, 0.2) is 5.38 Å². The van der Waals surface area contributed by atoms with Gasteiger partial charge in [-0.1, -0.05) is 0 Å². The number of anilines is 1. The van der Waals surface area contributed by atoms with E-state index in [1.54, 1.807) is 4.90 Å². The molecule has 0 aromatic carbocycles. The third kappa shape index (κ3) is 4.75. The van der Waals surface area contributed by atoms with Crippen LogP contribution in [0.5, 0.6) is 0 Å². The van der Waals surface area contributed by atoms with Gasteiger partial charge in [0.2, 0.25) is 11.8 Å². The highest BCUT2D eigenvalue weighted by molar-refractivity contribution is 7.14. The van der Waals surface area contributed by atoms with Crippen LogP contribution in [0.4, 0.5) is 5.13 Å². The van der Waals surface area contributed by atoms with E-state index < -0.39 is 0 Å². The minimum absolute atomic E-state index is 0.0225. The first-order chi connectivity index (χ1) is 11.7. The Balaban J connectivity index is 1.40. The van der Waals surface area contributed by atoms with Crippen molar-refractivity contribution in [1.29, 1.82) is 0 Å². The zero-order chi connectivity index (χ0) is 16.8. The second-order valence-electron chi connectivity index (χ2n) is 6.10. The molecule has 0 saturated carbocycles. The van der Waals surface area contributed by atoms with Crippen LogP contribution in [0.25, 0.3) is 0 Å². The van der Waals surface area contributed by atoms with Gasteiger partial charge in [-0.3, -0.25) is 19.4 Å². The number of hydrogen-bond donors (Lipinski definition) is 1. The average Bonchev–Trinajstić information content (AvgIpc) is 3.10. The summed E-state index contributed by atoms with van der Waals surface area (Å²) in [5.74, 6) is 0.104. The third-order valence-corrected chi connectivity index (χ3v) is 5.16. The van der Waals surface area contributed by atoms with Crippen LogP contribution in [-0.2, 0) is 20.7 Å². The summed E-state index contributed by atoms with van der Waals surface area (Å²) in [6.45, 7) is 5.77. The van der Waals surface area contributed by atoms with Gasteiger partial charge in [-0.15, -0.1) is 11.3 Å².